The molecule has 1 spiro atoms. The average Bonchev–Trinajstić information content (AvgIpc) is 3.06. The molecule has 5 atom stereocenters. The zero-order valence-corrected chi connectivity index (χ0v) is 18.8. The summed E-state index contributed by atoms with van der Waals surface area (Å²) in [5.74, 6) is 3.87. The molecule has 0 aromatic heterocycles. The first-order valence-electron chi connectivity index (χ1n) is 12.4. The van der Waals surface area contributed by atoms with Gasteiger partial charge in [0, 0.05) is 37.3 Å². The van der Waals surface area contributed by atoms with Gasteiger partial charge in [0.25, 0.3) is 0 Å². The van der Waals surface area contributed by atoms with Gasteiger partial charge in [-0.05, 0) is 86.2 Å². The first-order valence-corrected chi connectivity index (χ1v) is 12.4. The van der Waals surface area contributed by atoms with Crippen molar-refractivity contribution in [3.8, 4) is 5.75 Å². The van der Waals surface area contributed by atoms with E-state index in [0.717, 1.165) is 67.6 Å². The number of benzene rings is 1. The van der Waals surface area contributed by atoms with E-state index in [1.807, 2.05) is 18.2 Å². The van der Waals surface area contributed by atoms with Crippen LogP contribution in [0.3, 0.4) is 0 Å². The predicted molar refractivity (Wildman–Crippen MR) is 120 cm³/mol. The van der Waals surface area contributed by atoms with Gasteiger partial charge in [-0.25, -0.2) is 0 Å². The molecule has 5 fully saturated rings. The molecule has 168 valence electrons. The summed E-state index contributed by atoms with van der Waals surface area (Å²) in [6, 6.07) is 6.01. The number of ether oxygens (including phenoxy) is 2. The lowest BCUT2D eigenvalue weighted by atomic mass is 9.55. The highest BCUT2D eigenvalue weighted by Gasteiger charge is 2.70. The van der Waals surface area contributed by atoms with Gasteiger partial charge in [0.05, 0.1) is 13.2 Å². The largest absolute Gasteiger partial charge is 0.492 e. The van der Waals surface area contributed by atoms with E-state index in [2.05, 4.69) is 17.1 Å². The molecule has 4 saturated carbocycles. The standard InChI is InChI=1S/C26H36N2O3/c1-18-22(3-2-4-23(18)31-10-7-28-5-8-30-9-6-28)27-24(29)16-25-13-19-11-20-12-21(15-25)26(20,14-19)17-25/h2-4,19-21H,5-17H2,1H3,(H,27,29). The van der Waals surface area contributed by atoms with E-state index in [0.29, 0.717) is 18.4 Å². The molecule has 5 aliphatic rings. The Morgan fingerprint density at radius 1 is 1.19 bits per heavy atom. The molecule has 1 aromatic rings. The third-order valence-corrected chi connectivity index (χ3v) is 9.45. The van der Waals surface area contributed by atoms with Crippen LogP contribution in [0.1, 0.15) is 50.5 Å². The van der Waals surface area contributed by atoms with E-state index in [9.17, 15) is 4.79 Å². The van der Waals surface area contributed by atoms with Gasteiger partial charge in [0.1, 0.15) is 12.4 Å². The third-order valence-electron chi connectivity index (χ3n) is 9.45. The van der Waals surface area contributed by atoms with Gasteiger partial charge in [-0.2, -0.15) is 0 Å². The molecule has 1 saturated heterocycles. The average molecular weight is 425 g/mol. The summed E-state index contributed by atoms with van der Waals surface area (Å²) in [7, 11) is 0. The molecule has 3 bridgehead atoms. The SMILES string of the molecule is Cc1c(NC(=O)CC23CC4CC5CC(C2)C5(C4)C3)cccc1OCCN1CCOCC1. The number of carbonyl (C=O) groups excluding carboxylic acids is 1. The maximum atomic E-state index is 13.1. The zero-order valence-electron chi connectivity index (χ0n) is 18.8. The van der Waals surface area contributed by atoms with Gasteiger partial charge in [-0.1, -0.05) is 6.07 Å². The normalized spacial score (nSPS) is 38.0. The molecule has 0 radical (unpaired) electrons. The first kappa shape index (κ1) is 20.0. The monoisotopic (exact) mass is 424 g/mol. The van der Waals surface area contributed by atoms with Crippen LogP contribution in [-0.4, -0.2) is 50.3 Å². The fourth-order valence-electron chi connectivity index (χ4n) is 8.29. The second kappa shape index (κ2) is 7.48. The molecule has 5 nitrogen and oxygen atoms in total. The van der Waals surface area contributed by atoms with Crippen molar-refractivity contribution in [2.45, 2.75) is 51.9 Å². The van der Waals surface area contributed by atoms with Crippen molar-refractivity contribution in [3.05, 3.63) is 23.8 Å². The quantitative estimate of drug-likeness (QED) is 0.711. The maximum absolute atomic E-state index is 13.1. The Bertz CT molecular complexity index is 862. The Morgan fingerprint density at radius 3 is 2.94 bits per heavy atom. The lowest BCUT2D eigenvalue weighted by Gasteiger charge is -2.49. The molecule has 5 unspecified atom stereocenters. The molecule has 1 aliphatic heterocycles. The van der Waals surface area contributed by atoms with E-state index in [1.165, 1.54) is 38.5 Å². The van der Waals surface area contributed by atoms with Gasteiger partial charge in [0.2, 0.25) is 5.91 Å². The number of morpholine rings is 1. The van der Waals surface area contributed by atoms with Crippen LogP contribution in [0.25, 0.3) is 0 Å². The maximum Gasteiger partial charge on any atom is 0.224 e. The number of hydrogen-bond donors (Lipinski definition) is 1. The van der Waals surface area contributed by atoms with Crippen LogP contribution in [0, 0.1) is 35.5 Å². The lowest BCUT2D eigenvalue weighted by molar-refractivity contribution is -0.119. The molecule has 1 aromatic carbocycles. The smallest absolute Gasteiger partial charge is 0.224 e. The Balaban J connectivity index is 1.07. The Kier molecular flexibility index (Phi) is 4.84. The zero-order chi connectivity index (χ0) is 21.1. The molecule has 1 amide bonds. The van der Waals surface area contributed by atoms with Crippen molar-refractivity contribution >= 4 is 11.6 Å². The van der Waals surface area contributed by atoms with Crippen LogP contribution >= 0.6 is 0 Å². The van der Waals surface area contributed by atoms with Crippen molar-refractivity contribution in [2.75, 3.05) is 44.8 Å². The highest BCUT2D eigenvalue weighted by molar-refractivity contribution is 5.92. The minimum Gasteiger partial charge on any atom is -0.492 e. The van der Waals surface area contributed by atoms with E-state index in [4.69, 9.17) is 9.47 Å². The minimum atomic E-state index is 0.198. The topological polar surface area (TPSA) is 50.8 Å². The highest BCUT2D eigenvalue weighted by Crippen LogP contribution is 2.79. The number of carbonyl (C=O) groups is 1. The molecule has 1 heterocycles. The summed E-state index contributed by atoms with van der Waals surface area (Å²) >= 11 is 0. The number of nitrogens with one attached hydrogen (secondary N) is 1. The summed E-state index contributed by atoms with van der Waals surface area (Å²) in [5, 5.41) is 3.25. The van der Waals surface area contributed by atoms with Crippen LogP contribution in [0.2, 0.25) is 0 Å². The van der Waals surface area contributed by atoms with Crippen LogP contribution in [0.15, 0.2) is 18.2 Å². The number of nitrogens with zero attached hydrogens (tertiary/aromatic N) is 1. The molecule has 4 aliphatic carbocycles. The van der Waals surface area contributed by atoms with Crippen molar-refractivity contribution in [2.24, 2.45) is 28.6 Å². The van der Waals surface area contributed by atoms with E-state index in [-0.39, 0.29) is 11.3 Å². The van der Waals surface area contributed by atoms with Gasteiger partial charge in [-0.15, -0.1) is 0 Å². The summed E-state index contributed by atoms with van der Waals surface area (Å²) < 4.78 is 11.5. The van der Waals surface area contributed by atoms with E-state index in [1.54, 1.807) is 0 Å². The van der Waals surface area contributed by atoms with E-state index >= 15 is 0 Å². The van der Waals surface area contributed by atoms with Crippen LogP contribution in [-0.2, 0) is 9.53 Å². The van der Waals surface area contributed by atoms with Gasteiger partial charge in [-0.3, -0.25) is 9.69 Å². The number of anilines is 1. The van der Waals surface area contributed by atoms with Crippen LogP contribution in [0.4, 0.5) is 5.69 Å². The Labute approximate surface area is 185 Å². The molecule has 5 heteroatoms. The summed E-state index contributed by atoms with van der Waals surface area (Å²) in [5.41, 5.74) is 2.86. The van der Waals surface area contributed by atoms with Crippen molar-refractivity contribution in [3.63, 3.8) is 0 Å². The van der Waals surface area contributed by atoms with E-state index < -0.39 is 0 Å². The molecule has 6 rings (SSSR count). The van der Waals surface area contributed by atoms with Crippen molar-refractivity contribution < 1.29 is 14.3 Å². The number of hydrogen-bond acceptors (Lipinski definition) is 4. The Morgan fingerprint density at radius 2 is 2.06 bits per heavy atom. The summed E-state index contributed by atoms with van der Waals surface area (Å²) in [6.45, 7) is 7.20. The predicted octanol–water partition coefficient (Wildman–Crippen LogP) is 4.25. The molecular weight excluding hydrogens is 388 g/mol. The number of amides is 1. The van der Waals surface area contributed by atoms with Gasteiger partial charge >= 0.3 is 0 Å². The molecule has 1 N–H and O–H groups in total. The number of fused-ring (bicyclic) bond motifs is 2. The van der Waals surface area contributed by atoms with Gasteiger partial charge in [0.15, 0.2) is 0 Å². The van der Waals surface area contributed by atoms with Crippen molar-refractivity contribution in [1.82, 2.24) is 4.90 Å². The summed E-state index contributed by atoms with van der Waals surface area (Å²) in [4.78, 5) is 15.5. The fourth-order valence-corrected chi connectivity index (χ4v) is 8.29. The first-order chi connectivity index (χ1) is 15.1. The second-order valence-corrected chi connectivity index (χ2v) is 11.2. The summed E-state index contributed by atoms with van der Waals surface area (Å²) in [6.07, 6.45) is 8.98. The minimum absolute atomic E-state index is 0.198. The van der Waals surface area contributed by atoms with Crippen LogP contribution < -0.4 is 10.1 Å². The van der Waals surface area contributed by atoms with Crippen LogP contribution in [0.5, 0.6) is 5.75 Å². The fraction of sp³-hybridized carbons (Fsp3) is 0.731. The second-order valence-electron chi connectivity index (χ2n) is 11.2. The highest BCUT2D eigenvalue weighted by atomic mass is 16.5. The number of rotatable bonds is 7. The Hall–Kier alpha value is -1.59. The molecule has 31 heavy (non-hydrogen) atoms. The third kappa shape index (κ3) is 3.39. The van der Waals surface area contributed by atoms with Gasteiger partial charge < -0.3 is 14.8 Å². The van der Waals surface area contributed by atoms with Crippen molar-refractivity contribution in [1.29, 1.82) is 0 Å². The molecular formula is C26H36N2O3. The lowest BCUT2D eigenvalue weighted by Crippen LogP contribution is -2.42.